The minimum Gasteiger partial charge on any atom is -0.394 e. The van der Waals surface area contributed by atoms with Crippen molar-refractivity contribution in [1.82, 2.24) is 5.32 Å². The molecular formula is C12H23NOS. The molecule has 0 aromatic rings. The zero-order valence-corrected chi connectivity index (χ0v) is 10.6. The van der Waals surface area contributed by atoms with Crippen molar-refractivity contribution < 1.29 is 5.11 Å². The molecule has 0 unspecified atom stereocenters. The van der Waals surface area contributed by atoms with Gasteiger partial charge < -0.3 is 10.4 Å². The lowest BCUT2D eigenvalue weighted by atomic mass is 9.88. The molecule has 0 saturated heterocycles. The van der Waals surface area contributed by atoms with Crippen LogP contribution in [0, 0.1) is 11.8 Å². The molecule has 0 spiro atoms. The quantitative estimate of drug-likeness (QED) is 0.727. The van der Waals surface area contributed by atoms with Crippen LogP contribution in [-0.2, 0) is 0 Å². The second-order valence-electron chi connectivity index (χ2n) is 4.88. The Morgan fingerprint density at radius 1 is 1.33 bits per heavy atom. The summed E-state index contributed by atoms with van der Waals surface area (Å²) in [4.78, 5) is 0.974. The molecule has 2 N–H and O–H groups in total. The molecule has 2 nitrogen and oxygen atoms in total. The van der Waals surface area contributed by atoms with E-state index in [1.807, 2.05) is 0 Å². The number of rotatable bonds is 4. The van der Waals surface area contributed by atoms with E-state index < -0.39 is 0 Å². The number of aliphatic hydroxyl groups excluding tert-OH is 1. The molecule has 1 fully saturated rings. The first-order chi connectivity index (χ1) is 7.15. The van der Waals surface area contributed by atoms with Crippen LogP contribution < -0.4 is 5.32 Å². The van der Waals surface area contributed by atoms with Crippen LogP contribution in [0.1, 0.15) is 46.0 Å². The molecule has 3 heteroatoms. The van der Waals surface area contributed by atoms with Gasteiger partial charge in [-0.1, -0.05) is 45.3 Å². The van der Waals surface area contributed by atoms with Crippen LogP contribution >= 0.6 is 12.2 Å². The fraction of sp³-hybridized carbons (Fsp3) is 0.917. The zero-order valence-electron chi connectivity index (χ0n) is 9.83. The van der Waals surface area contributed by atoms with E-state index in [0.717, 1.165) is 4.99 Å². The van der Waals surface area contributed by atoms with Crippen molar-refractivity contribution in [3.05, 3.63) is 0 Å². The van der Waals surface area contributed by atoms with Gasteiger partial charge in [0.25, 0.3) is 0 Å². The largest absolute Gasteiger partial charge is 0.394 e. The van der Waals surface area contributed by atoms with E-state index in [4.69, 9.17) is 12.2 Å². The van der Waals surface area contributed by atoms with Gasteiger partial charge in [0.2, 0.25) is 0 Å². The Kier molecular flexibility index (Phi) is 5.54. The summed E-state index contributed by atoms with van der Waals surface area (Å²) in [6.07, 6.45) is 6.41. The van der Waals surface area contributed by atoms with Crippen LogP contribution in [0.25, 0.3) is 0 Å². The molecule has 0 heterocycles. The number of nitrogens with one attached hydrogen (secondary N) is 1. The number of aliphatic hydroxyl groups is 1. The van der Waals surface area contributed by atoms with Gasteiger partial charge >= 0.3 is 0 Å². The Bertz CT molecular complexity index is 200. The van der Waals surface area contributed by atoms with Gasteiger partial charge in [-0.25, -0.2) is 0 Å². The van der Waals surface area contributed by atoms with E-state index in [1.54, 1.807) is 0 Å². The maximum Gasteiger partial charge on any atom is 0.0787 e. The van der Waals surface area contributed by atoms with Gasteiger partial charge in [-0.3, -0.25) is 0 Å². The van der Waals surface area contributed by atoms with Crippen LogP contribution in [0.2, 0.25) is 0 Å². The van der Waals surface area contributed by atoms with Crippen molar-refractivity contribution in [2.75, 3.05) is 6.61 Å². The summed E-state index contributed by atoms with van der Waals surface area (Å²) in [6, 6.07) is 0.124. The average Bonchev–Trinajstić information content (AvgIpc) is 2.26. The van der Waals surface area contributed by atoms with Crippen LogP contribution in [0.15, 0.2) is 0 Å². The summed E-state index contributed by atoms with van der Waals surface area (Å²) in [5.74, 6) is 0.984. The molecule has 1 saturated carbocycles. The SMILES string of the molecule is CC(C)[C@H](CO)NC(=S)C1CCCCC1. The van der Waals surface area contributed by atoms with E-state index >= 15 is 0 Å². The summed E-state index contributed by atoms with van der Waals surface area (Å²) in [7, 11) is 0. The van der Waals surface area contributed by atoms with Crippen molar-refractivity contribution in [3.63, 3.8) is 0 Å². The lowest BCUT2D eigenvalue weighted by molar-refractivity contribution is 0.224. The lowest BCUT2D eigenvalue weighted by Crippen LogP contribution is -2.43. The molecule has 1 aliphatic rings. The summed E-state index contributed by atoms with van der Waals surface area (Å²) >= 11 is 5.41. The highest BCUT2D eigenvalue weighted by molar-refractivity contribution is 7.80. The van der Waals surface area contributed by atoms with Gasteiger partial charge in [0.1, 0.15) is 0 Å². The molecule has 1 atom stereocenters. The standard InChI is InChI=1S/C12H23NOS/c1-9(2)11(8-14)13-12(15)10-6-4-3-5-7-10/h9-11,14H,3-8H2,1-2H3,(H,13,15)/t11-/m0/s1. The van der Waals surface area contributed by atoms with Crippen molar-refractivity contribution in [1.29, 1.82) is 0 Å². The fourth-order valence-corrected chi connectivity index (χ4v) is 2.48. The number of hydrogen-bond acceptors (Lipinski definition) is 2. The molecule has 15 heavy (non-hydrogen) atoms. The molecular weight excluding hydrogens is 206 g/mol. The van der Waals surface area contributed by atoms with Crippen LogP contribution in [0.5, 0.6) is 0 Å². The highest BCUT2D eigenvalue weighted by atomic mass is 32.1. The molecule has 0 radical (unpaired) electrons. The molecule has 0 aliphatic heterocycles. The molecule has 1 aliphatic carbocycles. The Labute approximate surface area is 98.5 Å². The highest BCUT2D eigenvalue weighted by Crippen LogP contribution is 2.24. The highest BCUT2D eigenvalue weighted by Gasteiger charge is 2.21. The van der Waals surface area contributed by atoms with E-state index in [0.29, 0.717) is 11.8 Å². The fourth-order valence-electron chi connectivity index (χ4n) is 2.09. The van der Waals surface area contributed by atoms with Gasteiger partial charge in [0.05, 0.1) is 17.6 Å². The molecule has 88 valence electrons. The van der Waals surface area contributed by atoms with Gasteiger partial charge in [0.15, 0.2) is 0 Å². The molecule has 0 aromatic carbocycles. The van der Waals surface area contributed by atoms with Crippen LogP contribution in [-0.4, -0.2) is 22.7 Å². The topological polar surface area (TPSA) is 32.3 Å². The number of thiocarbonyl (C=S) groups is 1. The first-order valence-corrected chi connectivity index (χ1v) is 6.47. The smallest absolute Gasteiger partial charge is 0.0787 e. The van der Waals surface area contributed by atoms with E-state index in [9.17, 15) is 5.11 Å². The first-order valence-electron chi connectivity index (χ1n) is 6.06. The minimum atomic E-state index is 0.124. The van der Waals surface area contributed by atoms with Crippen LogP contribution in [0.4, 0.5) is 0 Å². The Morgan fingerprint density at radius 2 is 1.93 bits per heavy atom. The predicted molar refractivity (Wildman–Crippen MR) is 68.0 cm³/mol. The summed E-state index contributed by atoms with van der Waals surface area (Å²) < 4.78 is 0. The third kappa shape index (κ3) is 4.07. The van der Waals surface area contributed by atoms with Crippen LogP contribution in [0.3, 0.4) is 0 Å². The molecule has 0 aromatic heterocycles. The maximum atomic E-state index is 9.22. The maximum absolute atomic E-state index is 9.22. The third-order valence-electron chi connectivity index (χ3n) is 3.31. The van der Waals surface area contributed by atoms with E-state index in [1.165, 1.54) is 32.1 Å². The predicted octanol–water partition coefficient (Wildman–Crippen LogP) is 2.50. The van der Waals surface area contributed by atoms with Gasteiger partial charge in [0, 0.05) is 5.92 Å². The second kappa shape index (κ2) is 6.44. The Hall–Kier alpha value is -0.150. The Morgan fingerprint density at radius 3 is 2.40 bits per heavy atom. The first kappa shape index (κ1) is 12.9. The van der Waals surface area contributed by atoms with Gasteiger partial charge in [-0.2, -0.15) is 0 Å². The van der Waals surface area contributed by atoms with E-state index in [2.05, 4.69) is 19.2 Å². The van der Waals surface area contributed by atoms with Gasteiger partial charge in [-0.15, -0.1) is 0 Å². The monoisotopic (exact) mass is 229 g/mol. The van der Waals surface area contributed by atoms with Gasteiger partial charge in [-0.05, 0) is 18.8 Å². The Balaban J connectivity index is 2.38. The molecule has 1 rings (SSSR count). The second-order valence-corrected chi connectivity index (χ2v) is 5.32. The molecule has 0 bridgehead atoms. The average molecular weight is 229 g/mol. The van der Waals surface area contributed by atoms with Crippen molar-refractivity contribution in [3.8, 4) is 0 Å². The minimum absolute atomic E-state index is 0.124. The zero-order chi connectivity index (χ0) is 11.3. The lowest BCUT2D eigenvalue weighted by Gasteiger charge is -2.28. The molecule has 0 amide bonds. The van der Waals surface area contributed by atoms with E-state index in [-0.39, 0.29) is 12.6 Å². The third-order valence-corrected chi connectivity index (χ3v) is 3.76. The summed E-state index contributed by atoms with van der Waals surface area (Å²) in [5.41, 5.74) is 0. The normalized spacial score (nSPS) is 20.3. The van der Waals surface area contributed by atoms with Crippen molar-refractivity contribution in [2.24, 2.45) is 11.8 Å². The summed E-state index contributed by atoms with van der Waals surface area (Å²) in [6.45, 7) is 4.39. The van der Waals surface area contributed by atoms with Crippen molar-refractivity contribution in [2.45, 2.75) is 52.0 Å². The van der Waals surface area contributed by atoms with Crippen molar-refractivity contribution >= 4 is 17.2 Å². The number of hydrogen-bond donors (Lipinski definition) is 2. The summed E-state index contributed by atoms with van der Waals surface area (Å²) in [5, 5.41) is 12.5.